The zero-order chi connectivity index (χ0) is 21.4. The van der Waals surface area contributed by atoms with Crippen molar-refractivity contribution in [1.29, 1.82) is 0 Å². The third-order valence-corrected chi connectivity index (χ3v) is 3.78. The first-order chi connectivity index (χ1) is 13.8. The molecule has 1 N–H and O–H groups in total. The second-order valence-electron chi connectivity index (χ2n) is 5.85. The third kappa shape index (κ3) is 5.86. The fraction of sp³-hybridized carbons (Fsp3) is 0.250. The van der Waals surface area contributed by atoms with Crippen LogP contribution in [-0.4, -0.2) is 36.0 Å². The van der Waals surface area contributed by atoms with Crippen LogP contribution in [0.1, 0.15) is 40.1 Å². The van der Waals surface area contributed by atoms with Gasteiger partial charge in [0.2, 0.25) is 5.91 Å². The monoisotopic (exact) mass is 400 g/mol. The van der Waals surface area contributed by atoms with E-state index >= 15 is 0 Å². The highest BCUT2D eigenvalue weighted by molar-refractivity contribution is 6.00. The van der Waals surface area contributed by atoms with Gasteiger partial charge in [-0.05, 0) is 32.0 Å². The third-order valence-electron chi connectivity index (χ3n) is 3.78. The van der Waals surface area contributed by atoms with Crippen LogP contribution < -0.4 is 5.32 Å². The number of benzene rings is 2. The topological polar surface area (TPSA) is 125 Å². The van der Waals surface area contributed by atoms with Gasteiger partial charge in [-0.2, -0.15) is 0 Å². The Morgan fingerprint density at radius 2 is 1.52 bits per heavy atom. The van der Waals surface area contributed by atoms with Crippen LogP contribution in [0.3, 0.4) is 0 Å². The number of amides is 1. The van der Waals surface area contributed by atoms with Gasteiger partial charge in [-0.1, -0.05) is 18.2 Å². The molecule has 0 fully saturated rings. The molecule has 0 aliphatic heterocycles. The van der Waals surface area contributed by atoms with Gasteiger partial charge in [-0.25, -0.2) is 9.59 Å². The number of nitro benzene ring substituents is 1. The number of nitrogens with zero attached hydrogens (tertiary/aromatic N) is 1. The summed E-state index contributed by atoms with van der Waals surface area (Å²) < 4.78 is 9.88. The number of hydrogen-bond acceptors (Lipinski definition) is 7. The van der Waals surface area contributed by atoms with Crippen LogP contribution in [0.4, 0.5) is 11.4 Å². The number of hydrogen-bond donors (Lipinski definition) is 1. The van der Waals surface area contributed by atoms with Gasteiger partial charge in [0.1, 0.15) is 0 Å². The lowest BCUT2D eigenvalue weighted by atomic mass is 10.1. The van der Waals surface area contributed by atoms with Gasteiger partial charge in [-0.15, -0.1) is 0 Å². The molecule has 9 heteroatoms. The Morgan fingerprint density at radius 1 is 0.966 bits per heavy atom. The first-order valence-corrected chi connectivity index (χ1v) is 8.87. The summed E-state index contributed by atoms with van der Waals surface area (Å²) in [5.74, 6) is -1.86. The Labute approximate surface area is 166 Å². The maximum atomic E-state index is 12.4. The summed E-state index contributed by atoms with van der Waals surface area (Å²) in [4.78, 5) is 47.1. The van der Waals surface area contributed by atoms with Crippen LogP contribution in [0.25, 0.3) is 0 Å². The number of para-hydroxylation sites is 1. The molecule has 0 aliphatic carbocycles. The Balaban J connectivity index is 2.28. The summed E-state index contributed by atoms with van der Waals surface area (Å²) in [7, 11) is 0. The minimum atomic E-state index is -0.659. The van der Waals surface area contributed by atoms with Gasteiger partial charge in [0.05, 0.1) is 35.7 Å². The van der Waals surface area contributed by atoms with Gasteiger partial charge in [0.25, 0.3) is 5.69 Å². The maximum absolute atomic E-state index is 12.4. The van der Waals surface area contributed by atoms with Crippen LogP contribution in [0.2, 0.25) is 0 Å². The van der Waals surface area contributed by atoms with Crippen LogP contribution >= 0.6 is 0 Å². The van der Waals surface area contributed by atoms with E-state index in [2.05, 4.69) is 5.32 Å². The summed E-state index contributed by atoms with van der Waals surface area (Å²) in [6, 6.07) is 9.92. The van der Waals surface area contributed by atoms with Crippen molar-refractivity contribution in [2.24, 2.45) is 0 Å². The number of rotatable bonds is 8. The van der Waals surface area contributed by atoms with E-state index in [4.69, 9.17) is 9.47 Å². The van der Waals surface area contributed by atoms with Crippen molar-refractivity contribution in [3.05, 3.63) is 69.3 Å². The average molecular weight is 400 g/mol. The normalized spacial score (nSPS) is 10.1. The van der Waals surface area contributed by atoms with E-state index in [1.165, 1.54) is 36.4 Å². The molecule has 0 atom stereocenters. The minimum absolute atomic E-state index is 0.0680. The second kappa shape index (κ2) is 9.98. The molecule has 0 radical (unpaired) electrons. The fourth-order valence-corrected chi connectivity index (χ4v) is 2.58. The minimum Gasteiger partial charge on any atom is -0.462 e. The highest BCUT2D eigenvalue weighted by Crippen LogP contribution is 2.20. The van der Waals surface area contributed by atoms with Crippen molar-refractivity contribution in [2.75, 3.05) is 18.5 Å². The van der Waals surface area contributed by atoms with Gasteiger partial charge in [0.15, 0.2) is 0 Å². The number of esters is 2. The first-order valence-electron chi connectivity index (χ1n) is 8.87. The molecule has 0 heterocycles. The van der Waals surface area contributed by atoms with Crippen molar-refractivity contribution >= 4 is 29.2 Å². The van der Waals surface area contributed by atoms with Gasteiger partial charge in [0, 0.05) is 17.3 Å². The average Bonchev–Trinajstić information content (AvgIpc) is 2.68. The van der Waals surface area contributed by atoms with Crippen LogP contribution in [0, 0.1) is 10.1 Å². The van der Waals surface area contributed by atoms with Crippen LogP contribution in [-0.2, 0) is 20.7 Å². The lowest BCUT2D eigenvalue weighted by Crippen LogP contribution is -2.17. The maximum Gasteiger partial charge on any atom is 0.338 e. The Bertz CT molecular complexity index is 904. The Morgan fingerprint density at radius 3 is 2.03 bits per heavy atom. The molecule has 0 spiro atoms. The molecular weight excluding hydrogens is 380 g/mol. The molecule has 9 nitrogen and oxygen atoms in total. The summed E-state index contributed by atoms with van der Waals surface area (Å²) in [6.07, 6.45) is -0.254. The number of carbonyl (C=O) groups is 3. The van der Waals surface area contributed by atoms with E-state index in [0.717, 1.165) is 0 Å². The number of anilines is 1. The zero-order valence-corrected chi connectivity index (χ0v) is 16.0. The Hall–Kier alpha value is -3.75. The van der Waals surface area contributed by atoms with E-state index in [1.54, 1.807) is 19.9 Å². The molecule has 0 aromatic heterocycles. The molecule has 152 valence electrons. The predicted molar refractivity (Wildman–Crippen MR) is 104 cm³/mol. The highest BCUT2D eigenvalue weighted by Gasteiger charge is 2.18. The molecule has 0 saturated heterocycles. The smallest absolute Gasteiger partial charge is 0.338 e. The molecule has 0 unspecified atom stereocenters. The summed E-state index contributed by atoms with van der Waals surface area (Å²) >= 11 is 0. The number of nitrogens with one attached hydrogen (secondary N) is 1. The highest BCUT2D eigenvalue weighted by atomic mass is 16.6. The lowest BCUT2D eigenvalue weighted by molar-refractivity contribution is -0.385. The van der Waals surface area contributed by atoms with E-state index in [0.29, 0.717) is 0 Å². The molecule has 2 rings (SSSR count). The van der Waals surface area contributed by atoms with E-state index in [-0.39, 0.29) is 47.7 Å². The molecule has 2 aromatic carbocycles. The molecule has 0 bridgehead atoms. The van der Waals surface area contributed by atoms with E-state index in [9.17, 15) is 24.5 Å². The molecule has 0 aliphatic rings. The van der Waals surface area contributed by atoms with E-state index in [1.807, 2.05) is 0 Å². The van der Waals surface area contributed by atoms with Crippen molar-refractivity contribution in [3.63, 3.8) is 0 Å². The largest absolute Gasteiger partial charge is 0.462 e. The number of nitro groups is 1. The summed E-state index contributed by atoms with van der Waals surface area (Å²) in [6.45, 7) is 3.56. The van der Waals surface area contributed by atoms with Crippen molar-refractivity contribution in [2.45, 2.75) is 20.3 Å². The molecular formula is C20H20N2O7. The van der Waals surface area contributed by atoms with Crippen LogP contribution in [0.5, 0.6) is 0 Å². The quantitative estimate of drug-likeness (QED) is 0.410. The molecule has 1 amide bonds. The van der Waals surface area contributed by atoms with Crippen LogP contribution in [0.15, 0.2) is 42.5 Å². The van der Waals surface area contributed by atoms with Crippen molar-refractivity contribution in [1.82, 2.24) is 0 Å². The van der Waals surface area contributed by atoms with Gasteiger partial charge >= 0.3 is 11.9 Å². The van der Waals surface area contributed by atoms with Crippen molar-refractivity contribution < 1.29 is 28.8 Å². The number of ether oxygens (including phenoxy) is 2. The number of carbonyl (C=O) groups excluding carboxylic acids is 3. The van der Waals surface area contributed by atoms with Gasteiger partial charge in [-0.3, -0.25) is 14.9 Å². The molecule has 0 saturated carbocycles. The van der Waals surface area contributed by atoms with Gasteiger partial charge < -0.3 is 14.8 Å². The summed E-state index contributed by atoms with van der Waals surface area (Å²) in [5.41, 5.74) is 0.372. The zero-order valence-electron chi connectivity index (χ0n) is 16.0. The standard InChI is InChI=1S/C20H20N2O7/c1-3-28-19(24)14-9-15(20(25)29-4-2)11-16(10-14)21-18(23)12-13-7-5-6-8-17(13)22(26)27/h5-11H,3-4,12H2,1-2H3,(H,21,23). The molecule has 29 heavy (non-hydrogen) atoms. The first kappa shape index (κ1) is 21.5. The van der Waals surface area contributed by atoms with Crippen molar-refractivity contribution in [3.8, 4) is 0 Å². The molecule has 2 aromatic rings. The van der Waals surface area contributed by atoms with E-state index < -0.39 is 22.8 Å². The second-order valence-corrected chi connectivity index (χ2v) is 5.85. The predicted octanol–water partition coefficient (Wildman–Crippen LogP) is 3.13. The summed E-state index contributed by atoms with van der Waals surface area (Å²) in [5, 5.41) is 13.6. The fourth-order valence-electron chi connectivity index (χ4n) is 2.58. The lowest BCUT2D eigenvalue weighted by Gasteiger charge is -2.11. The Kier molecular flexibility index (Phi) is 7.41. The SMILES string of the molecule is CCOC(=O)c1cc(NC(=O)Cc2ccccc2[N+](=O)[O-])cc(C(=O)OCC)c1.